The van der Waals surface area contributed by atoms with Crippen molar-refractivity contribution in [2.45, 2.75) is 24.8 Å². The Morgan fingerprint density at radius 2 is 1.95 bits per heavy atom. The summed E-state index contributed by atoms with van der Waals surface area (Å²) in [6.07, 6.45) is -7.01. The SMILES string of the molecule is O=Cc1cc(C(F)(F)F)ccc1C(O)C(O)CCCl. The number of halogens is 4. The summed E-state index contributed by atoms with van der Waals surface area (Å²) in [4.78, 5) is 10.8. The van der Waals surface area contributed by atoms with Crippen LogP contribution in [0, 0.1) is 0 Å². The molecular formula is C12H12ClF3O3. The summed E-state index contributed by atoms with van der Waals surface area (Å²) in [6, 6.07) is 2.37. The molecule has 1 rings (SSSR count). The van der Waals surface area contributed by atoms with E-state index >= 15 is 0 Å². The Bertz CT molecular complexity index is 448. The van der Waals surface area contributed by atoms with Gasteiger partial charge in [-0.25, -0.2) is 0 Å². The maximum Gasteiger partial charge on any atom is 0.416 e. The number of aliphatic hydroxyl groups excluding tert-OH is 2. The molecule has 106 valence electrons. The standard InChI is InChI=1S/C12H12ClF3O3/c13-4-3-10(18)11(19)9-2-1-8(12(14,15)16)5-7(9)6-17/h1-2,5-6,10-11,18-19H,3-4H2. The highest BCUT2D eigenvalue weighted by Gasteiger charge is 2.32. The van der Waals surface area contributed by atoms with Crippen LogP contribution < -0.4 is 0 Å². The molecule has 0 bridgehead atoms. The summed E-state index contributed by atoms with van der Waals surface area (Å²) >= 11 is 5.40. The maximum atomic E-state index is 12.5. The van der Waals surface area contributed by atoms with Crippen LogP contribution in [0.25, 0.3) is 0 Å². The molecule has 0 aliphatic rings. The number of benzene rings is 1. The molecule has 0 spiro atoms. The average molecular weight is 297 g/mol. The van der Waals surface area contributed by atoms with Gasteiger partial charge in [-0.3, -0.25) is 4.79 Å². The molecule has 0 fully saturated rings. The minimum atomic E-state index is -4.57. The third-order valence-electron chi connectivity index (χ3n) is 2.63. The molecule has 3 nitrogen and oxygen atoms in total. The Hall–Kier alpha value is -1.11. The van der Waals surface area contributed by atoms with Crippen molar-refractivity contribution in [1.82, 2.24) is 0 Å². The number of alkyl halides is 4. The molecule has 1 aromatic rings. The fourth-order valence-electron chi connectivity index (χ4n) is 1.60. The molecule has 7 heteroatoms. The molecule has 1 aromatic carbocycles. The van der Waals surface area contributed by atoms with Crippen molar-refractivity contribution >= 4 is 17.9 Å². The molecule has 0 saturated heterocycles. The first-order valence-corrected chi connectivity index (χ1v) is 5.93. The fraction of sp³-hybridized carbons (Fsp3) is 0.417. The van der Waals surface area contributed by atoms with Crippen LogP contribution in [-0.4, -0.2) is 28.5 Å². The van der Waals surface area contributed by atoms with Crippen molar-refractivity contribution in [2.75, 3.05) is 5.88 Å². The fourth-order valence-corrected chi connectivity index (χ4v) is 1.82. The molecule has 2 unspecified atom stereocenters. The van der Waals surface area contributed by atoms with E-state index in [1.165, 1.54) is 0 Å². The first-order valence-electron chi connectivity index (χ1n) is 5.39. The van der Waals surface area contributed by atoms with Crippen molar-refractivity contribution < 1.29 is 28.2 Å². The van der Waals surface area contributed by atoms with Crippen LogP contribution in [0.15, 0.2) is 18.2 Å². The lowest BCUT2D eigenvalue weighted by Crippen LogP contribution is -2.20. The van der Waals surface area contributed by atoms with Gasteiger partial charge in [-0.15, -0.1) is 11.6 Å². The summed E-state index contributed by atoms with van der Waals surface area (Å²) in [5.41, 5.74) is -1.35. The van der Waals surface area contributed by atoms with Gasteiger partial charge in [0.25, 0.3) is 0 Å². The first-order chi connectivity index (χ1) is 8.81. The average Bonchev–Trinajstić information content (AvgIpc) is 2.36. The molecule has 2 N–H and O–H groups in total. The second kappa shape index (κ2) is 6.36. The van der Waals surface area contributed by atoms with Gasteiger partial charge in [0.1, 0.15) is 12.4 Å². The third-order valence-corrected chi connectivity index (χ3v) is 2.85. The lowest BCUT2D eigenvalue weighted by Gasteiger charge is -2.19. The summed E-state index contributed by atoms with van der Waals surface area (Å²) in [7, 11) is 0. The topological polar surface area (TPSA) is 57.5 Å². The van der Waals surface area contributed by atoms with Crippen LogP contribution in [0.3, 0.4) is 0 Å². The largest absolute Gasteiger partial charge is 0.416 e. The molecule has 0 saturated carbocycles. The van der Waals surface area contributed by atoms with Crippen LogP contribution in [-0.2, 0) is 6.18 Å². The Labute approximate surface area is 112 Å². The van der Waals surface area contributed by atoms with E-state index in [9.17, 15) is 28.2 Å². The number of hydrogen-bond donors (Lipinski definition) is 2. The highest BCUT2D eigenvalue weighted by Crippen LogP contribution is 2.32. The van der Waals surface area contributed by atoms with E-state index in [0.29, 0.717) is 6.07 Å². The minimum Gasteiger partial charge on any atom is -0.390 e. The molecular weight excluding hydrogens is 285 g/mol. The molecule has 19 heavy (non-hydrogen) atoms. The molecule has 0 radical (unpaired) electrons. The predicted molar refractivity (Wildman–Crippen MR) is 63.1 cm³/mol. The van der Waals surface area contributed by atoms with Crippen LogP contribution >= 0.6 is 11.6 Å². The van der Waals surface area contributed by atoms with Crippen molar-refractivity contribution in [2.24, 2.45) is 0 Å². The van der Waals surface area contributed by atoms with Gasteiger partial charge in [0.2, 0.25) is 0 Å². The number of hydrogen-bond acceptors (Lipinski definition) is 3. The second-order valence-electron chi connectivity index (χ2n) is 3.95. The molecule has 0 amide bonds. The van der Waals surface area contributed by atoms with E-state index in [-0.39, 0.29) is 29.7 Å². The van der Waals surface area contributed by atoms with Crippen molar-refractivity contribution in [3.05, 3.63) is 34.9 Å². The minimum absolute atomic E-state index is 0.0550. The molecule has 2 atom stereocenters. The summed E-state index contributed by atoms with van der Waals surface area (Å²) < 4.78 is 37.4. The van der Waals surface area contributed by atoms with Crippen LogP contribution in [0.1, 0.15) is 34.0 Å². The molecule has 0 heterocycles. The number of carbonyl (C=O) groups excluding carboxylic acids is 1. The highest BCUT2D eigenvalue weighted by molar-refractivity contribution is 6.17. The lowest BCUT2D eigenvalue weighted by atomic mass is 9.96. The predicted octanol–water partition coefficient (Wildman–Crippen LogP) is 2.54. The first kappa shape index (κ1) is 15.9. The monoisotopic (exact) mass is 296 g/mol. The number of aliphatic hydroxyl groups is 2. The number of rotatable bonds is 5. The van der Waals surface area contributed by atoms with Gasteiger partial charge in [-0.05, 0) is 24.1 Å². The van der Waals surface area contributed by atoms with Gasteiger partial charge < -0.3 is 10.2 Å². The highest BCUT2D eigenvalue weighted by atomic mass is 35.5. The van der Waals surface area contributed by atoms with E-state index in [1.54, 1.807) is 0 Å². The Kier molecular flexibility index (Phi) is 5.34. The maximum absolute atomic E-state index is 12.5. The van der Waals surface area contributed by atoms with E-state index < -0.39 is 23.9 Å². The summed E-state index contributed by atoms with van der Waals surface area (Å²) in [5.74, 6) is 0.0787. The Balaban J connectivity index is 3.12. The third kappa shape index (κ3) is 3.92. The van der Waals surface area contributed by atoms with E-state index in [2.05, 4.69) is 0 Å². The normalized spacial score (nSPS) is 15.1. The molecule has 0 aliphatic carbocycles. The van der Waals surface area contributed by atoms with E-state index in [1.807, 2.05) is 0 Å². The van der Waals surface area contributed by atoms with Crippen LogP contribution in [0.4, 0.5) is 13.2 Å². The molecule has 0 aliphatic heterocycles. The van der Waals surface area contributed by atoms with E-state index in [4.69, 9.17) is 11.6 Å². The van der Waals surface area contributed by atoms with Gasteiger partial charge >= 0.3 is 6.18 Å². The van der Waals surface area contributed by atoms with Gasteiger partial charge in [0.05, 0.1) is 11.7 Å². The van der Waals surface area contributed by atoms with Gasteiger partial charge in [-0.2, -0.15) is 13.2 Å². The van der Waals surface area contributed by atoms with Gasteiger partial charge in [0, 0.05) is 11.4 Å². The summed E-state index contributed by atoms with van der Waals surface area (Å²) in [5, 5.41) is 19.3. The Morgan fingerprint density at radius 1 is 1.32 bits per heavy atom. The van der Waals surface area contributed by atoms with Gasteiger partial charge in [-0.1, -0.05) is 6.07 Å². The van der Waals surface area contributed by atoms with Gasteiger partial charge in [0.15, 0.2) is 0 Å². The number of carbonyl (C=O) groups is 1. The van der Waals surface area contributed by atoms with Crippen molar-refractivity contribution in [3.63, 3.8) is 0 Å². The van der Waals surface area contributed by atoms with Crippen LogP contribution in [0.2, 0.25) is 0 Å². The van der Waals surface area contributed by atoms with Crippen molar-refractivity contribution in [3.8, 4) is 0 Å². The number of aldehydes is 1. The smallest absolute Gasteiger partial charge is 0.390 e. The van der Waals surface area contributed by atoms with Crippen molar-refractivity contribution in [1.29, 1.82) is 0 Å². The Morgan fingerprint density at radius 3 is 2.42 bits per heavy atom. The zero-order valence-corrected chi connectivity index (χ0v) is 10.4. The van der Waals surface area contributed by atoms with E-state index in [0.717, 1.165) is 12.1 Å². The zero-order valence-electron chi connectivity index (χ0n) is 9.69. The van der Waals surface area contributed by atoms with Crippen LogP contribution in [0.5, 0.6) is 0 Å². The molecule has 0 aromatic heterocycles. The summed E-state index contributed by atoms with van der Waals surface area (Å²) in [6.45, 7) is 0. The quantitative estimate of drug-likeness (QED) is 0.648. The lowest BCUT2D eigenvalue weighted by molar-refractivity contribution is -0.137. The zero-order chi connectivity index (χ0) is 14.6. The second-order valence-corrected chi connectivity index (χ2v) is 4.33.